The van der Waals surface area contributed by atoms with E-state index in [1.54, 1.807) is 18.2 Å². The van der Waals surface area contributed by atoms with Gasteiger partial charge in [-0.15, -0.1) is 0 Å². The molecule has 2 aromatic carbocycles. The lowest BCUT2D eigenvalue weighted by Crippen LogP contribution is -2.44. The molecule has 1 fully saturated rings. The second kappa shape index (κ2) is 8.62. The number of rotatable bonds is 3. The third kappa shape index (κ3) is 4.21. The van der Waals surface area contributed by atoms with Crippen LogP contribution < -0.4 is 10.2 Å². The summed E-state index contributed by atoms with van der Waals surface area (Å²) in [5.41, 5.74) is 6.31. The number of carbonyl (C=O) groups is 1. The molecule has 0 saturated carbocycles. The van der Waals surface area contributed by atoms with Gasteiger partial charge in [0.15, 0.2) is 5.17 Å². The topological polar surface area (TPSA) is 44.7 Å². The van der Waals surface area contributed by atoms with Crippen molar-refractivity contribution in [3.63, 3.8) is 0 Å². The minimum absolute atomic E-state index is 0.0353. The van der Waals surface area contributed by atoms with E-state index >= 15 is 0 Å². The number of allylic oxidation sites excluding steroid dienone is 1. The largest absolute Gasteiger partial charge is 0.363 e. The van der Waals surface area contributed by atoms with Crippen LogP contribution in [0.15, 0.2) is 46.3 Å². The van der Waals surface area contributed by atoms with Gasteiger partial charge in [0.25, 0.3) is 5.91 Å². The summed E-state index contributed by atoms with van der Waals surface area (Å²) in [5.74, 6) is -0.174. The lowest BCUT2D eigenvalue weighted by atomic mass is 9.87. The van der Waals surface area contributed by atoms with Gasteiger partial charge in [0.2, 0.25) is 0 Å². The van der Waals surface area contributed by atoms with Crippen molar-refractivity contribution in [2.45, 2.75) is 40.2 Å². The maximum atomic E-state index is 12.6. The SMILES string of the molecule is CCN1c2cc(C)c(/C=C3\SC(=Nc4cccc(Cl)c4Cl)NC3=O)cc2C(C)=CC1(C)C. The second-order valence-electron chi connectivity index (χ2n) is 8.51. The summed E-state index contributed by atoms with van der Waals surface area (Å²) in [6, 6.07) is 9.65. The standard InChI is InChI=1S/C25H25Cl2N3OS/c1-6-30-20-10-14(2)16(11-17(20)15(3)13-25(30,4)5)12-21-23(31)29-24(32-21)28-19-9-7-8-18(26)22(19)27/h7-13H,6H2,1-5H3,(H,28,29,31)/b21-12-. The Morgan fingerprint density at radius 3 is 2.69 bits per heavy atom. The van der Waals surface area contributed by atoms with E-state index in [0.717, 1.165) is 17.7 Å². The van der Waals surface area contributed by atoms with Crippen molar-refractivity contribution in [2.24, 2.45) is 4.99 Å². The average molecular weight is 486 g/mol. The molecule has 2 aromatic rings. The van der Waals surface area contributed by atoms with Crippen molar-refractivity contribution in [2.75, 3.05) is 11.4 Å². The number of aryl methyl sites for hydroxylation is 1. The Labute approximate surface area is 203 Å². The van der Waals surface area contributed by atoms with Crippen molar-refractivity contribution in [1.82, 2.24) is 5.32 Å². The molecule has 4 rings (SSSR count). The van der Waals surface area contributed by atoms with E-state index in [1.807, 2.05) is 6.08 Å². The highest BCUT2D eigenvalue weighted by atomic mass is 35.5. The molecule has 1 N–H and O–H groups in total. The molecule has 0 spiro atoms. The number of anilines is 1. The van der Waals surface area contributed by atoms with Crippen LogP contribution in [0.1, 0.15) is 44.4 Å². The lowest BCUT2D eigenvalue weighted by Gasteiger charge is -2.43. The molecule has 4 nitrogen and oxygen atoms in total. The molecule has 32 heavy (non-hydrogen) atoms. The van der Waals surface area contributed by atoms with Crippen molar-refractivity contribution in [3.8, 4) is 0 Å². The molecule has 2 heterocycles. The molecule has 0 atom stereocenters. The predicted octanol–water partition coefficient (Wildman–Crippen LogP) is 7.22. The van der Waals surface area contributed by atoms with Crippen LogP contribution in [-0.2, 0) is 4.79 Å². The first-order chi connectivity index (χ1) is 15.1. The Hall–Kier alpha value is -2.21. The molecule has 7 heteroatoms. The number of likely N-dealkylation sites (N-methyl/N-ethyl adjacent to an activating group) is 1. The number of hydrogen-bond acceptors (Lipinski definition) is 4. The quantitative estimate of drug-likeness (QED) is 0.466. The third-order valence-corrected chi connectivity index (χ3v) is 7.49. The van der Waals surface area contributed by atoms with Crippen LogP contribution in [-0.4, -0.2) is 23.2 Å². The van der Waals surface area contributed by atoms with E-state index in [0.29, 0.717) is 25.8 Å². The number of nitrogens with one attached hydrogen (secondary N) is 1. The Balaban J connectivity index is 1.69. The van der Waals surface area contributed by atoms with Gasteiger partial charge in [0, 0.05) is 17.8 Å². The smallest absolute Gasteiger partial charge is 0.264 e. The minimum Gasteiger partial charge on any atom is -0.363 e. The zero-order chi connectivity index (χ0) is 23.2. The number of aliphatic imine (C=N–C) groups is 1. The lowest BCUT2D eigenvalue weighted by molar-refractivity contribution is -0.115. The maximum Gasteiger partial charge on any atom is 0.264 e. The molecule has 1 amide bonds. The van der Waals surface area contributed by atoms with Gasteiger partial charge in [-0.2, -0.15) is 0 Å². The summed E-state index contributed by atoms with van der Waals surface area (Å²) < 4.78 is 0. The molecule has 0 aromatic heterocycles. The fourth-order valence-electron chi connectivity index (χ4n) is 4.29. The molecule has 0 bridgehead atoms. The van der Waals surface area contributed by atoms with Gasteiger partial charge in [0.05, 0.1) is 26.2 Å². The Bertz CT molecular complexity index is 1210. The van der Waals surface area contributed by atoms with Crippen molar-refractivity contribution < 1.29 is 4.79 Å². The number of thioether (sulfide) groups is 1. The maximum absolute atomic E-state index is 12.6. The van der Waals surface area contributed by atoms with Crippen LogP contribution in [0.25, 0.3) is 11.6 Å². The normalized spacial score (nSPS) is 19.9. The van der Waals surface area contributed by atoms with Crippen LogP contribution >= 0.6 is 35.0 Å². The Morgan fingerprint density at radius 2 is 1.97 bits per heavy atom. The van der Waals surface area contributed by atoms with Gasteiger partial charge in [-0.3, -0.25) is 4.79 Å². The van der Waals surface area contributed by atoms with Gasteiger partial charge in [-0.25, -0.2) is 4.99 Å². The van der Waals surface area contributed by atoms with Crippen LogP contribution in [0.3, 0.4) is 0 Å². The van der Waals surface area contributed by atoms with E-state index in [2.05, 4.69) is 68.0 Å². The van der Waals surface area contributed by atoms with E-state index in [-0.39, 0.29) is 11.4 Å². The van der Waals surface area contributed by atoms with E-state index in [9.17, 15) is 4.79 Å². The third-order valence-electron chi connectivity index (χ3n) is 5.77. The molecular formula is C25H25Cl2N3OS. The van der Waals surface area contributed by atoms with Gasteiger partial charge in [-0.05, 0) is 93.4 Å². The van der Waals surface area contributed by atoms with Gasteiger partial charge in [0.1, 0.15) is 0 Å². The molecule has 166 valence electrons. The van der Waals surface area contributed by atoms with E-state index in [4.69, 9.17) is 23.2 Å². The predicted molar refractivity (Wildman–Crippen MR) is 139 cm³/mol. The zero-order valence-electron chi connectivity index (χ0n) is 18.7. The van der Waals surface area contributed by atoms with E-state index < -0.39 is 0 Å². The van der Waals surface area contributed by atoms with Crippen LogP contribution in [0.4, 0.5) is 11.4 Å². The van der Waals surface area contributed by atoms with Crippen molar-refractivity contribution in [1.29, 1.82) is 0 Å². The number of fused-ring (bicyclic) bond motifs is 1. The van der Waals surface area contributed by atoms with Gasteiger partial charge >= 0.3 is 0 Å². The molecule has 0 unspecified atom stereocenters. The second-order valence-corrected chi connectivity index (χ2v) is 10.3. The Kier molecular flexibility index (Phi) is 6.19. The van der Waals surface area contributed by atoms with Crippen molar-refractivity contribution in [3.05, 3.63) is 68.0 Å². The minimum atomic E-state index is -0.174. The first-order valence-corrected chi connectivity index (χ1v) is 12.0. The number of amides is 1. The summed E-state index contributed by atoms with van der Waals surface area (Å²) in [4.78, 5) is 20.1. The fourth-order valence-corrected chi connectivity index (χ4v) is 5.45. The number of carbonyl (C=O) groups excluding carboxylic acids is 1. The number of nitrogens with zero attached hydrogens (tertiary/aromatic N) is 2. The highest BCUT2D eigenvalue weighted by molar-refractivity contribution is 8.18. The monoisotopic (exact) mass is 485 g/mol. The Morgan fingerprint density at radius 1 is 1.22 bits per heavy atom. The van der Waals surface area contributed by atoms with Crippen LogP contribution in [0.2, 0.25) is 10.0 Å². The average Bonchev–Trinajstić information content (AvgIpc) is 3.05. The summed E-state index contributed by atoms with van der Waals surface area (Å²) in [6.07, 6.45) is 4.24. The van der Waals surface area contributed by atoms with Crippen molar-refractivity contribution >= 4 is 69.1 Å². The molecular weight excluding hydrogens is 461 g/mol. The molecule has 2 aliphatic rings. The number of hydrogen-bond donors (Lipinski definition) is 1. The van der Waals surface area contributed by atoms with Crippen LogP contribution in [0.5, 0.6) is 0 Å². The van der Waals surface area contributed by atoms with Gasteiger partial charge < -0.3 is 10.2 Å². The molecule has 0 aliphatic carbocycles. The summed E-state index contributed by atoms with van der Waals surface area (Å²) in [6.45, 7) is 11.8. The highest BCUT2D eigenvalue weighted by Crippen LogP contribution is 2.41. The molecule has 0 radical (unpaired) electrons. The fraction of sp³-hybridized carbons (Fsp3) is 0.280. The number of benzene rings is 2. The van der Waals surface area contributed by atoms with E-state index in [1.165, 1.54) is 28.6 Å². The van der Waals surface area contributed by atoms with Gasteiger partial charge in [-0.1, -0.05) is 35.3 Å². The molecule has 2 aliphatic heterocycles. The molecule has 1 saturated heterocycles. The summed E-state index contributed by atoms with van der Waals surface area (Å²) in [7, 11) is 0. The summed E-state index contributed by atoms with van der Waals surface area (Å²) in [5, 5.41) is 4.10. The van der Waals surface area contributed by atoms with Crippen LogP contribution in [0, 0.1) is 6.92 Å². The first kappa shape index (κ1) is 23.0. The zero-order valence-corrected chi connectivity index (χ0v) is 21.0. The number of amidine groups is 1. The number of halogens is 2. The first-order valence-electron chi connectivity index (χ1n) is 10.5. The summed E-state index contributed by atoms with van der Waals surface area (Å²) >= 11 is 13.6. The highest BCUT2D eigenvalue weighted by Gasteiger charge is 2.31.